The van der Waals surface area contributed by atoms with Gasteiger partial charge in [-0.25, -0.2) is 9.98 Å². The van der Waals surface area contributed by atoms with Crippen LogP contribution in [-0.2, 0) is 13.0 Å². The highest BCUT2D eigenvalue weighted by Gasteiger charge is 2.23. The monoisotopic (exact) mass is 547 g/mol. The molecule has 1 fully saturated rings. The normalized spacial score (nSPS) is 14.7. The molecular formula is C20H34IN7OS. The van der Waals surface area contributed by atoms with Crippen LogP contribution in [0.15, 0.2) is 14.6 Å². The van der Waals surface area contributed by atoms with Crippen molar-refractivity contribution in [3.05, 3.63) is 23.2 Å². The molecule has 0 aromatic carbocycles. The van der Waals surface area contributed by atoms with Gasteiger partial charge in [-0.15, -0.1) is 34.2 Å². The Bertz CT molecular complexity index is 795. The molecule has 0 unspecified atom stereocenters. The van der Waals surface area contributed by atoms with Crippen molar-refractivity contribution in [2.24, 2.45) is 4.99 Å². The molecule has 0 radical (unpaired) electrons. The molecule has 0 spiro atoms. The zero-order chi connectivity index (χ0) is 20.6. The Labute approximate surface area is 200 Å². The fourth-order valence-corrected chi connectivity index (χ4v) is 4.27. The summed E-state index contributed by atoms with van der Waals surface area (Å²) < 4.78 is 7.99. The molecule has 0 saturated heterocycles. The third kappa shape index (κ3) is 6.60. The fourth-order valence-electron chi connectivity index (χ4n) is 3.69. The Balaban J connectivity index is 0.00000320. The molecule has 1 aliphatic carbocycles. The van der Waals surface area contributed by atoms with E-state index in [-0.39, 0.29) is 24.0 Å². The largest absolute Gasteiger partial charge is 0.444 e. The molecule has 0 amide bonds. The van der Waals surface area contributed by atoms with Gasteiger partial charge in [-0.3, -0.25) is 0 Å². The van der Waals surface area contributed by atoms with Crippen LogP contribution in [0.2, 0.25) is 0 Å². The third-order valence-corrected chi connectivity index (χ3v) is 5.91. The summed E-state index contributed by atoms with van der Waals surface area (Å²) >= 11 is 1.69. The van der Waals surface area contributed by atoms with Crippen LogP contribution in [0.3, 0.4) is 0 Å². The van der Waals surface area contributed by atoms with E-state index in [1.54, 1.807) is 11.8 Å². The van der Waals surface area contributed by atoms with Crippen LogP contribution >= 0.6 is 35.7 Å². The van der Waals surface area contributed by atoms with Gasteiger partial charge in [0.15, 0.2) is 11.1 Å². The molecular weight excluding hydrogens is 513 g/mol. The summed E-state index contributed by atoms with van der Waals surface area (Å²) in [6.45, 7) is 7.99. The summed E-state index contributed by atoms with van der Waals surface area (Å²) in [4.78, 5) is 8.97. The molecule has 30 heavy (non-hydrogen) atoms. The quantitative estimate of drug-likeness (QED) is 0.161. The van der Waals surface area contributed by atoms with Crippen molar-refractivity contribution in [1.29, 1.82) is 0 Å². The van der Waals surface area contributed by atoms with E-state index in [1.165, 1.54) is 25.7 Å². The van der Waals surface area contributed by atoms with Crippen molar-refractivity contribution in [2.75, 3.05) is 19.3 Å². The van der Waals surface area contributed by atoms with Crippen LogP contribution in [-0.4, -0.2) is 45.1 Å². The molecule has 168 valence electrons. The lowest BCUT2D eigenvalue weighted by Gasteiger charge is -2.16. The van der Waals surface area contributed by atoms with Gasteiger partial charge in [0.2, 0.25) is 5.89 Å². The second-order valence-electron chi connectivity index (χ2n) is 7.39. The minimum absolute atomic E-state index is 0. The molecule has 0 bridgehead atoms. The number of guanidine groups is 1. The lowest BCUT2D eigenvalue weighted by Crippen LogP contribution is -2.38. The number of thioether (sulfide) groups is 1. The maximum atomic E-state index is 5.61. The number of aromatic nitrogens is 4. The summed E-state index contributed by atoms with van der Waals surface area (Å²) in [5.41, 5.74) is 0.921. The van der Waals surface area contributed by atoms with Crippen LogP contribution in [0.1, 0.15) is 68.2 Å². The van der Waals surface area contributed by atoms with Gasteiger partial charge in [-0.05, 0) is 46.3 Å². The predicted octanol–water partition coefficient (Wildman–Crippen LogP) is 4.03. The second kappa shape index (κ2) is 12.5. The van der Waals surface area contributed by atoms with Crippen LogP contribution in [0.5, 0.6) is 0 Å². The first-order chi connectivity index (χ1) is 14.1. The average Bonchev–Trinajstić information content (AvgIpc) is 3.43. The molecule has 1 aliphatic rings. The van der Waals surface area contributed by atoms with Gasteiger partial charge < -0.3 is 19.6 Å². The molecule has 3 rings (SSSR count). The number of halogens is 1. The number of hydrogen-bond acceptors (Lipinski definition) is 6. The summed E-state index contributed by atoms with van der Waals surface area (Å²) in [6.07, 6.45) is 9.07. The van der Waals surface area contributed by atoms with Gasteiger partial charge in [-0.2, -0.15) is 0 Å². The first-order valence-electron chi connectivity index (χ1n) is 10.5. The maximum absolute atomic E-state index is 5.61. The number of hydrogen-bond donors (Lipinski definition) is 2. The molecule has 8 nitrogen and oxygen atoms in total. The van der Waals surface area contributed by atoms with Gasteiger partial charge in [-0.1, -0.05) is 24.6 Å². The highest BCUT2D eigenvalue weighted by Crippen LogP contribution is 2.33. The standard InChI is InChI=1S/C20H33N7OS.HI/c1-5-21-19(23-13-18-24-14(2)15(3)28-18)22-12-8-11-17-25-26-20(29-4)27(17)16-9-6-7-10-16;/h16H,5-13H2,1-4H3,(H2,21,22,23);1H. The summed E-state index contributed by atoms with van der Waals surface area (Å²) in [5, 5.41) is 16.6. The van der Waals surface area contributed by atoms with Crippen LogP contribution in [0.4, 0.5) is 0 Å². The van der Waals surface area contributed by atoms with Crippen molar-refractivity contribution in [2.45, 2.75) is 77.0 Å². The van der Waals surface area contributed by atoms with E-state index in [9.17, 15) is 0 Å². The van der Waals surface area contributed by atoms with E-state index >= 15 is 0 Å². The highest BCUT2D eigenvalue weighted by molar-refractivity contribution is 14.0. The number of oxazole rings is 1. The van der Waals surface area contributed by atoms with Crippen molar-refractivity contribution in [1.82, 2.24) is 30.4 Å². The number of nitrogens with zero attached hydrogens (tertiary/aromatic N) is 5. The van der Waals surface area contributed by atoms with Crippen molar-refractivity contribution in [3.8, 4) is 0 Å². The molecule has 2 aromatic heterocycles. The Morgan fingerprint density at radius 1 is 1.23 bits per heavy atom. The number of nitrogens with one attached hydrogen (secondary N) is 2. The van der Waals surface area contributed by atoms with Gasteiger partial charge in [0.1, 0.15) is 18.1 Å². The molecule has 2 heterocycles. The molecule has 1 saturated carbocycles. The smallest absolute Gasteiger partial charge is 0.216 e. The lowest BCUT2D eigenvalue weighted by molar-refractivity contribution is 0.460. The van der Waals surface area contributed by atoms with Gasteiger partial charge >= 0.3 is 0 Å². The molecule has 2 aromatic rings. The minimum Gasteiger partial charge on any atom is -0.444 e. The summed E-state index contributed by atoms with van der Waals surface area (Å²) in [5.74, 6) is 3.38. The molecule has 10 heteroatoms. The van der Waals surface area contributed by atoms with Gasteiger partial charge in [0, 0.05) is 25.6 Å². The highest BCUT2D eigenvalue weighted by atomic mass is 127. The van der Waals surface area contributed by atoms with E-state index in [2.05, 4.69) is 48.6 Å². The Hall–Kier alpha value is -1.30. The van der Waals surface area contributed by atoms with Gasteiger partial charge in [0.05, 0.1) is 5.69 Å². The first-order valence-corrected chi connectivity index (χ1v) is 11.8. The number of rotatable bonds is 9. The van der Waals surface area contributed by atoms with Gasteiger partial charge in [0.25, 0.3) is 0 Å². The zero-order valence-electron chi connectivity index (χ0n) is 18.4. The van der Waals surface area contributed by atoms with Crippen LogP contribution in [0, 0.1) is 13.8 Å². The average molecular weight is 548 g/mol. The predicted molar refractivity (Wildman–Crippen MR) is 132 cm³/mol. The second-order valence-corrected chi connectivity index (χ2v) is 8.16. The maximum Gasteiger partial charge on any atom is 0.216 e. The minimum atomic E-state index is 0. The van der Waals surface area contributed by atoms with Crippen molar-refractivity contribution >= 4 is 41.7 Å². The first kappa shape index (κ1) is 25.0. The molecule has 0 atom stereocenters. The Morgan fingerprint density at radius 2 is 2.00 bits per heavy atom. The van der Waals surface area contributed by atoms with E-state index in [4.69, 9.17) is 4.42 Å². The lowest BCUT2D eigenvalue weighted by atomic mass is 10.2. The number of aryl methyl sites for hydroxylation is 3. The fraction of sp³-hybridized carbons (Fsp3) is 0.700. The topological polar surface area (TPSA) is 93.2 Å². The Kier molecular flexibility index (Phi) is 10.4. The molecule has 0 aliphatic heterocycles. The number of aliphatic imine (C=N–C) groups is 1. The van der Waals surface area contributed by atoms with Crippen molar-refractivity contribution in [3.63, 3.8) is 0 Å². The SMILES string of the molecule is CCNC(=NCc1nc(C)c(C)o1)NCCCc1nnc(SC)n1C1CCCC1.I. The van der Waals surface area contributed by atoms with E-state index < -0.39 is 0 Å². The molecule has 2 N–H and O–H groups in total. The third-order valence-electron chi connectivity index (χ3n) is 5.27. The summed E-state index contributed by atoms with van der Waals surface area (Å²) in [7, 11) is 0. The van der Waals surface area contributed by atoms with E-state index in [0.29, 0.717) is 18.5 Å². The van der Waals surface area contributed by atoms with Crippen molar-refractivity contribution < 1.29 is 4.42 Å². The van der Waals surface area contributed by atoms with E-state index in [1.807, 2.05) is 13.8 Å². The Morgan fingerprint density at radius 3 is 2.63 bits per heavy atom. The zero-order valence-corrected chi connectivity index (χ0v) is 21.5. The van der Waals surface area contributed by atoms with Crippen LogP contribution < -0.4 is 10.6 Å². The van der Waals surface area contributed by atoms with E-state index in [0.717, 1.165) is 54.3 Å². The van der Waals surface area contributed by atoms with Crippen LogP contribution in [0.25, 0.3) is 0 Å². The summed E-state index contributed by atoms with van der Waals surface area (Å²) in [6, 6.07) is 0.571.